The fourth-order valence-electron chi connectivity index (χ4n) is 3.03. The quantitative estimate of drug-likeness (QED) is 0.840. The summed E-state index contributed by atoms with van der Waals surface area (Å²) in [6, 6.07) is 4.50. The van der Waals surface area contributed by atoms with Crippen molar-refractivity contribution in [3.05, 3.63) is 24.3 Å². The molecule has 1 spiro atoms. The second kappa shape index (κ2) is 5.64. The largest absolute Gasteiger partial charge is 0.573 e. The number of sulfonamides is 1. The van der Waals surface area contributed by atoms with Crippen LogP contribution in [0.1, 0.15) is 19.3 Å². The minimum Gasteiger partial charge on any atom is -0.406 e. The molecular weight excluding hydrogens is 335 g/mol. The van der Waals surface area contributed by atoms with Gasteiger partial charge in [-0.05, 0) is 31.4 Å². The van der Waals surface area contributed by atoms with Gasteiger partial charge >= 0.3 is 6.36 Å². The number of alkyl halides is 3. The van der Waals surface area contributed by atoms with E-state index in [1.165, 1.54) is 16.4 Å². The zero-order chi connectivity index (χ0) is 16.7. The minimum absolute atomic E-state index is 0.201. The second-order valence-electron chi connectivity index (χ2n) is 5.73. The average molecular weight is 351 g/mol. The molecule has 23 heavy (non-hydrogen) atoms. The van der Waals surface area contributed by atoms with Gasteiger partial charge in [-0.15, -0.1) is 13.2 Å². The molecule has 9 heteroatoms. The van der Waals surface area contributed by atoms with Crippen LogP contribution in [0.25, 0.3) is 0 Å². The topological polar surface area (TPSA) is 55.8 Å². The third-order valence-electron chi connectivity index (χ3n) is 4.25. The van der Waals surface area contributed by atoms with Crippen molar-refractivity contribution in [2.24, 2.45) is 0 Å². The summed E-state index contributed by atoms with van der Waals surface area (Å²) in [5, 5.41) is 0. The lowest BCUT2D eigenvalue weighted by atomic mass is 9.77. The highest BCUT2D eigenvalue weighted by Gasteiger charge is 2.50. The summed E-state index contributed by atoms with van der Waals surface area (Å²) in [5.41, 5.74) is -0.558. The predicted octanol–water partition coefficient (Wildman–Crippen LogP) is 2.53. The summed E-state index contributed by atoms with van der Waals surface area (Å²) < 4.78 is 73.2. The molecule has 1 aromatic rings. The average Bonchev–Trinajstić information content (AvgIpc) is 2.44. The van der Waals surface area contributed by atoms with E-state index in [-0.39, 0.29) is 18.0 Å². The fourth-order valence-corrected chi connectivity index (χ4v) is 4.86. The first-order chi connectivity index (χ1) is 10.7. The van der Waals surface area contributed by atoms with Gasteiger partial charge in [0.15, 0.2) is 0 Å². The van der Waals surface area contributed by atoms with Crippen LogP contribution in [-0.2, 0) is 14.8 Å². The summed E-state index contributed by atoms with van der Waals surface area (Å²) in [4.78, 5) is -0.201. The minimum atomic E-state index is -4.86. The van der Waals surface area contributed by atoms with E-state index in [1.807, 2.05) is 0 Å². The monoisotopic (exact) mass is 351 g/mol. The molecule has 1 heterocycles. The van der Waals surface area contributed by atoms with Gasteiger partial charge in [0.1, 0.15) is 5.75 Å². The number of hydrogen-bond acceptors (Lipinski definition) is 4. The Kier molecular flexibility index (Phi) is 4.06. The van der Waals surface area contributed by atoms with Gasteiger partial charge in [-0.3, -0.25) is 0 Å². The van der Waals surface area contributed by atoms with Gasteiger partial charge < -0.3 is 9.47 Å². The summed E-state index contributed by atoms with van der Waals surface area (Å²) in [6.07, 6.45) is -2.56. The van der Waals surface area contributed by atoms with Crippen LogP contribution in [0, 0.1) is 0 Å². The molecule has 1 aliphatic heterocycles. The van der Waals surface area contributed by atoms with Crippen LogP contribution in [0.3, 0.4) is 0 Å². The summed E-state index contributed by atoms with van der Waals surface area (Å²) in [6.45, 7) is 0.803. The molecule has 0 unspecified atom stereocenters. The highest BCUT2D eigenvalue weighted by atomic mass is 32.2. The van der Waals surface area contributed by atoms with Gasteiger partial charge in [-0.2, -0.15) is 4.31 Å². The van der Waals surface area contributed by atoms with E-state index in [2.05, 4.69) is 4.74 Å². The van der Waals surface area contributed by atoms with E-state index in [4.69, 9.17) is 4.74 Å². The lowest BCUT2D eigenvalue weighted by Crippen LogP contribution is -2.62. The fraction of sp³-hybridized carbons (Fsp3) is 0.571. The second-order valence-corrected chi connectivity index (χ2v) is 7.59. The molecule has 3 rings (SSSR count). The van der Waals surface area contributed by atoms with E-state index in [1.54, 1.807) is 0 Å². The standard InChI is InChI=1S/C14H16F3NO4S/c15-14(16,17)22-11-3-1-4-12(9-11)23(19,20)18-7-8-21-10-13(18)5-2-6-13/h1,3-4,9H,2,5-8,10H2. The zero-order valence-corrected chi connectivity index (χ0v) is 13.0. The van der Waals surface area contributed by atoms with Gasteiger partial charge in [0.25, 0.3) is 0 Å². The van der Waals surface area contributed by atoms with E-state index < -0.39 is 27.7 Å². The summed E-state index contributed by atoms with van der Waals surface area (Å²) in [7, 11) is -3.90. The Hall–Kier alpha value is -1.32. The Bertz CT molecular complexity index is 686. The molecule has 1 saturated heterocycles. The predicted molar refractivity (Wildman–Crippen MR) is 74.4 cm³/mol. The number of benzene rings is 1. The molecule has 2 fully saturated rings. The molecule has 0 N–H and O–H groups in total. The van der Waals surface area contributed by atoms with Crippen LogP contribution >= 0.6 is 0 Å². The van der Waals surface area contributed by atoms with Crippen molar-refractivity contribution in [2.45, 2.75) is 36.1 Å². The Morgan fingerprint density at radius 1 is 1.26 bits per heavy atom. The van der Waals surface area contributed by atoms with Crippen molar-refractivity contribution in [2.75, 3.05) is 19.8 Å². The van der Waals surface area contributed by atoms with Gasteiger partial charge in [-0.1, -0.05) is 6.07 Å². The SMILES string of the molecule is O=S(=O)(c1cccc(OC(F)(F)F)c1)N1CCOCC12CCC2. The van der Waals surface area contributed by atoms with Crippen LogP contribution in [0.4, 0.5) is 13.2 Å². The molecule has 0 atom stereocenters. The van der Waals surface area contributed by atoms with Crippen LogP contribution in [0.5, 0.6) is 5.75 Å². The van der Waals surface area contributed by atoms with Crippen molar-refractivity contribution in [3.63, 3.8) is 0 Å². The molecule has 1 aliphatic carbocycles. The van der Waals surface area contributed by atoms with Crippen molar-refractivity contribution in [3.8, 4) is 5.75 Å². The third-order valence-corrected chi connectivity index (χ3v) is 6.25. The first-order valence-corrected chi connectivity index (χ1v) is 8.63. The summed E-state index contributed by atoms with van der Waals surface area (Å²) >= 11 is 0. The van der Waals surface area contributed by atoms with Gasteiger partial charge in [0.05, 0.1) is 23.6 Å². The Labute approximate surface area is 132 Å². The molecular formula is C14H16F3NO4S. The number of rotatable bonds is 3. The highest BCUT2D eigenvalue weighted by Crippen LogP contribution is 2.42. The summed E-state index contributed by atoms with van der Waals surface area (Å²) in [5.74, 6) is -0.547. The van der Waals surface area contributed by atoms with E-state index in [0.717, 1.165) is 18.6 Å². The Balaban J connectivity index is 1.91. The lowest BCUT2D eigenvalue weighted by Gasteiger charge is -2.51. The molecule has 0 radical (unpaired) electrons. The Morgan fingerprint density at radius 3 is 2.61 bits per heavy atom. The number of morpholine rings is 1. The molecule has 128 valence electrons. The molecule has 1 aromatic carbocycles. The molecule has 2 aliphatic rings. The molecule has 1 saturated carbocycles. The van der Waals surface area contributed by atoms with E-state index in [9.17, 15) is 21.6 Å². The normalized spacial score (nSPS) is 21.9. The first-order valence-electron chi connectivity index (χ1n) is 7.19. The molecule has 0 aromatic heterocycles. The Morgan fingerprint density at radius 2 is 2.00 bits per heavy atom. The van der Waals surface area contributed by atoms with E-state index in [0.29, 0.717) is 19.4 Å². The lowest BCUT2D eigenvalue weighted by molar-refractivity contribution is -0.274. The molecule has 0 amide bonds. The van der Waals surface area contributed by atoms with Crippen LogP contribution in [0.15, 0.2) is 29.2 Å². The first kappa shape index (κ1) is 16.5. The number of ether oxygens (including phenoxy) is 2. The van der Waals surface area contributed by atoms with Gasteiger partial charge in [-0.25, -0.2) is 8.42 Å². The van der Waals surface area contributed by atoms with Crippen molar-refractivity contribution in [1.29, 1.82) is 0 Å². The van der Waals surface area contributed by atoms with Crippen LogP contribution in [-0.4, -0.2) is 44.4 Å². The number of hydrogen-bond donors (Lipinski definition) is 0. The maximum absolute atomic E-state index is 12.8. The van der Waals surface area contributed by atoms with Crippen molar-refractivity contribution >= 4 is 10.0 Å². The number of halogens is 3. The number of nitrogens with zero attached hydrogens (tertiary/aromatic N) is 1. The smallest absolute Gasteiger partial charge is 0.406 e. The van der Waals surface area contributed by atoms with Crippen LogP contribution in [0.2, 0.25) is 0 Å². The highest BCUT2D eigenvalue weighted by molar-refractivity contribution is 7.89. The van der Waals surface area contributed by atoms with Gasteiger partial charge in [0, 0.05) is 12.6 Å². The van der Waals surface area contributed by atoms with Gasteiger partial charge in [0.2, 0.25) is 10.0 Å². The molecule has 0 bridgehead atoms. The maximum atomic E-state index is 12.8. The zero-order valence-electron chi connectivity index (χ0n) is 12.2. The van der Waals surface area contributed by atoms with Crippen molar-refractivity contribution in [1.82, 2.24) is 4.31 Å². The third kappa shape index (κ3) is 3.17. The maximum Gasteiger partial charge on any atom is 0.573 e. The van der Waals surface area contributed by atoms with Crippen molar-refractivity contribution < 1.29 is 31.1 Å². The van der Waals surface area contributed by atoms with Crippen LogP contribution < -0.4 is 4.74 Å². The molecule has 5 nitrogen and oxygen atoms in total. The van der Waals surface area contributed by atoms with E-state index >= 15 is 0 Å².